The maximum absolute atomic E-state index is 2.37. The first-order chi connectivity index (χ1) is 19.8. The summed E-state index contributed by atoms with van der Waals surface area (Å²) in [5.74, 6) is 0. The van der Waals surface area contributed by atoms with Crippen LogP contribution in [0, 0.1) is 6.92 Å². The Morgan fingerprint density at radius 1 is 0.475 bits per heavy atom. The molecule has 7 rings (SSSR count). The van der Waals surface area contributed by atoms with E-state index in [1.54, 1.807) is 0 Å². The summed E-state index contributed by atoms with van der Waals surface area (Å²) in [6, 6.07) is 54.5. The summed E-state index contributed by atoms with van der Waals surface area (Å²) in [7, 11) is 0. The van der Waals surface area contributed by atoms with Crippen LogP contribution in [-0.2, 0) is 6.42 Å². The van der Waals surface area contributed by atoms with Gasteiger partial charge in [-0.05, 0) is 84.6 Å². The summed E-state index contributed by atoms with van der Waals surface area (Å²) in [5, 5.41) is 2.58. The van der Waals surface area contributed by atoms with Crippen molar-refractivity contribution < 1.29 is 0 Å². The van der Waals surface area contributed by atoms with Crippen LogP contribution in [0.3, 0.4) is 0 Å². The van der Waals surface area contributed by atoms with E-state index < -0.39 is 0 Å². The van der Waals surface area contributed by atoms with Gasteiger partial charge >= 0.3 is 0 Å². The molecule has 0 bridgehead atoms. The molecule has 0 aliphatic rings. The fourth-order valence-electron chi connectivity index (χ4n) is 5.78. The number of para-hydroxylation sites is 4. The molecule has 0 saturated heterocycles. The maximum Gasteiger partial charge on any atom is 0.0541 e. The van der Waals surface area contributed by atoms with Gasteiger partial charge in [-0.2, -0.15) is 0 Å². The van der Waals surface area contributed by atoms with Gasteiger partial charge < -0.3 is 9.47 Å². The third-order valence-corrected chi connectivity index (χ3v) is 7.75. The Bertz CT molecular complexity index is 1860. The molecule has 0 fully saturated rings. The fraction of sp³-hybridized carbons (Fsp3) is 0.0526. The molecular weight excluding hydrogens is 484 g/mol. The lowest BCUT2D eigenvalue weighted by Crippen LogP contribution is -2.11. The van der Waals surface area contributed by atoms with Crippen LogP contribution in [0.25, 0.3) is 27.5 Å². The van der Waals surface area contributed by atoms with Gasteiger partial charge in [0.15, 0.2) is 0 Å². The zero-order valence-electron chi connectivity index (χ0n) is 22.5. The lowest BCUT2D eigenvalue weighted by molar-refractivity contribution is 1.14. The van der Waals surface area contributed by atoms with Crippen molar-refractivity contribution >= 4 is 38.9 Å². The van der Waals surface area contributed by atoms with Gasteiger partial charge in [0.1, 0.15) is 0 Å². The Labute approximate surface area is 235 Å². The molecule has 192 valence electrons. The van der Waals surface area contributed by atoms with Crippen molar-refractivity contribution in [1.29, 1.82) is 0 Å². The quantitative estimate of drug-likeness (QED) is 0.214. The summed E-state index contributed by atoms with van der Waals surface area (Å²) >= 11 is 0. The summed E-state index contributed by atoms with van der Waals surface area (Å²) in [6.45, 7) is 2.17. The first kappa shape index (κ1) is 24.0. The summed E-state index contributed by atoms with van der Waals surface area (Å²) in [4.78, 5) is 2.33. The second-order valence-electron chi connectivity index (χ2n) is 10.3. The van der Waals surface area contributed by atoms with E-state index in [2.05, 4.69) is 168 Å². The zero-order valence-corrected chi connectivity index (χ0v) is 22.5. The van der Waals surface area contributed by atoms with Crippen LogP contribution in [0.5, 0.6) is 0 Å². The number of aryl methyl sites for hydroxylation is 1. The van der Waals surface area contributed by atoms with Gasteiger partial charge in [0.25, 0.3) is 0 Å². The van der Waals surface area contributed by atoms with Crippen molar-refractivity contribution in [2.45, 2.75) is 13.3 Å². The van der Waals surface area contributed by atoms with Gasteiger partial charge in [-0.15, -0.1) is 0 Å². The number of benzene rings is 6. The summed E-state index contributed by atoms with van der Waals surface area (Å²) < 4.78 is 2.37. The number of aromatic nitrogens is 1. The molecule has 1 heterocycles. The topological polar surface area (TPSA) is 8.17 Å². The molecule has 6 aromatic carbocycles. The molecule has 0 unspecified atom stereocenters. The SMILES string of the molecule is Cc1ccccc1N(c1ccccc1)c1ccc(Cc2ccc(-n3c4ccccc4c4ccccc43)cc2)cc1. The lowest BCUT2D eigenvalue weighted by Gasteiger charge is -2.27. The van der Waals surface area contributed by atoms with E-state index in [4.69, 9.17) is 0 Å². The molecule has 0 spiro atoms. The Hall–Kier alpha value is -5.08. The third-order valence-electron chi connectivity index (χ3n) is 7.75. The third kappa shape index (κ3) is 4.34. The average Bonchev–Trinajstić information content (AvgIpc) is 3.35. The van der Waals surface area contributed by atoms with E-state index in [9.17, 15) is 0 Å². The van der Waals surface area contributed by atoms with Crippen molar-refractivity contribution in [2.75, 3.05) is 4.90 Å². The Balaban J connectivity index is 1.17. The Kier molecular flexibility index (Phi) is 6.14. The van der Waals surface area contributed by atoms with Crippen LogP contribution in [0.2, 0.25) is 0 Å². The molecule has 40 heavy (non-hydrogen) atoms. The highest BCUT2D eigenvalue weighted by atomic mass is 15.1. The van der Waals surface area contributed by atoms with E-state index in [1.807, 2.05) is 0 Å². The zero-order chi connectivity index (χ0) is 26.9. The van der Waals surface area contributed by atoms with Gasteiger partial charge in [-0.1, -0.05) is 97.1 Å². The molecule has 0 radical (unpaired) electrons. The first-order valence-corrected chi connectivity index (χ1v) is 13.8. The largest absolute Gasteiger partial charge is 0.310 e. The second-order valence-corrected chi connectivity index (χ2v) is 10.3. The van der Waals surface area contributed by atoms with Crippen LogP contribution >= 0.6 is 0 Å². The van der Waals surface area contributed by atoms with Crippen LogP contribution in [0.1, 0.15) is 16.7 Å². The van der Waals surface area contributed by atoms with Crippen LogP contribution in [-0.4, -0.2) is 4.57 Å². The van der Waals surface area contributed by atoms with Crippen molar-refractivity contribution in [1.82, 2.24) is 4.57 Å². The molecule has 0 aliphatic carbocycles. The minimum atomic E-state index is 0.892. The van der Waals surface area contributed by atoms with Crippen molar-refractivity contribution in [3.05, 3.63) is 168 Å². The van der Waals surface area contributed by atoms with Crippen molar-refractivity contribution in [3.63, 3.8) is 0 Å². The molecule has 7 aromatic rings. The van der Waals surface area contributed by atoms with Crippen LogP contribution in [0.4, 0.5) is 17.1 Å². The smallest absolute Gasteiger partial charge is 0.0541 e. The number of nitrogens with zero attached hydrogens (tertiary/aromatic N) is 2. The fourth-order valence-corrected chi connectivity index (χ4v) is 5.78. The van der Waals surface area contributed by atoms with E-state index in [1.165, 1.54) is 49.9 Å². The predicted octanol–water partition coefficient (Wildman–Crippen LogP) is 10.2. The first-order valence-electron chi connectivity index (χ1n) is 13.8. The van der Waals surface area contributed by atoms with E-state index in [-0.39, 0.29) is 0 Å². The number of fused-ring (bicyclic) bond motifs is 3. The van der Waals surface area contributed by atoms with E-state index in [0.29, 0.717) is 0 Å². The van der Waals surface area contributed by atoms with Crippen molar-refractivity contribution in [3.8, 4) is 5.69 Å². The summed E-state index contributed by atoms with van der Waals surface area (Å²) in [6.07, 6.45) is 0.892. The number of rotatable bonds is 6. The van der Waals surface area contributed by atoms with Crippen LogP contribution < -0.4 is 4.90 Å². The molecule has 2 heteroatoms. The molecule has 0 saturated carbocycles. The Morgan fingerprint density at radius 2 is 0.975 bits per heavy atom. The van der Waals surface area contributed by atoms with Gasteiger partial charge in [-0.3, -0.25) is 0 Å². The van der Waals surface area contributed by atoms with Gasteiger partial charge in [0.2, 0.25) is 0 Å². The second kappa shape index (κ2) is 10.2. The molecule has 0 aliphatic heterocycles. The Morgan fingerprint density at radius 3 is 1.60 bits per heavy atom. The van der Waals surface area contributed by atoms with Gasteiger partial charge in [-0.25, -0.2) is 0 Å². The normalized spacial score (nSPS) is 11.2. The minimum absolute atomic E-state index is 0.892. The van der Waals surface area contributed by atoms with Crippen LogP contribution in [0.15, 0.2) is 152 Å². The van der Waals surface area contributed by atoms with E-state index in [0.717, 1.165) is 17.8 Å². The molecule has 2 nitrogen and oxygen atoms in total. The van der Waals surface area contributed by atoms with Gasteiger partial charge in [0, 0.05) is 33.5 Å². The number of hydrogen-bond acceptors (Lipinski definition) is 1. The number of hydrogen-bond donors (Lipinski definition) is 0. The molecule has 0 N–H and O–H groups in total. The molecule has 0 amide bonds. The monoisotopic (exact) mass is 514 g/mol. The molecular formula is C38H30N2. The predicted molar refractivity (Wildman–Crippen MR) is 169 cm³/mol. The maximum atomic E-state index is 2.37. The highest BCUT2D eigenvalue weighted by Crippen LogP contribution is 2.36. The average molecular weight is 515 g/mol. The standard InChI is InChI=1S/C38H30N2/c1-28-11-5-8-16-36(28)39(31-12-3-2-4-13-31)32-23-19-29(20-24-32)27-30-21-25-33(26-22-30)40-37-17-9-6-14-34(37)35-15-7-10-18-38(35)40/h2-26H,27H2,1H3. The molecule has 0 atom stereocenters. The highest BCUT2D eigenvalue weighted by molar-refractivity contribution is 6.09. The molecule has 1 aromatic heterocycles. The van der Waals surface area contributed by atoms with E-state index >= 15 is 0 Å². The van der Waals surface area contributed by atoms with Crippen molar-refractivity contribution in [2.24, 2.45) is 0 Å². The number of anilines is 3. The lowest BCUT2D eigenvalue weighted by atomic mass is 10.0. The van der Waals surface area contributed by atoms with Gasteiger partial charge in [0.05, 0.1) is 11.0 Å². The minimum Gasteiger partial charge on any atom is -0.310 e. The summed E-state index contributed by atoms with van der Waals surface area (Å²) in [5.41, 5.74) is 11.0. The highest BCUT2D eigenvalue weighted by Gasteiger charge is 2.14.